The molecular formula is C19H23OP. The highest BCUT2D eigenvalue weighted by Gasteiger charge is 2.23. The topological polar surface area (TPSA) is 17.1 Å². The Balaban J connectivity index is 2.43. The molecule has 0 saturated carbocycles. The maximum absolute atomic E-state index is 13.6. The zero-order valence-electron chi connectivity index (χ0n) is 13.0. The van der Waals surface area contributed by atoms with E-state index in [1.54, 1.807) is 0 Å². The Morgan fingerprint density at radius 1 is 0.857 bits per heavy atom. The van der Waals surface area contributed by atoms with Gasteiger partial charge in [-0.25, -0.2) is 0 Å². The lowest BCUT2D eigenvalue weighted by molar-refractivity contribution is 0.421. The summed E-state index contributed by atoms with van der Waals surface area (Å²) in [6, 6.07) is 19.5. The first-order valence-corrected chi connectivity index (χ1v) is 9.08. The van der Waals surface area contributed by atoms with Crippen molar-refractivity contribution in [2.45, 2.75) is 27.2 Å². The lowest BCUT2D eigenvalue weighted by Gasteiger charge is -2.18. The number of allylic oxidation sites excluding steroid dienone is 1. The van der Waals surface area contributed by atoms with Crippen LogP contribution >= 0.6 is 7.14 Å². The van der Waals surface area contributed by atoms with Crippen molar-refractivity contribution in [3.8, 4) is 0 Å². The van der Waals surface area contributed by atoms with E-state index in [2.05, 4.69) is 26.8 Å². The SMILES string of the molecule is CC(C)(C)C/C=C/P(=O)(c1ccccc1)c1ccccc1. The van der Waals surface area contributed by atoms with Gasteiger partial charge in [0.15, 0.2) is 7.14 Å². The van der Waals surface area contributed by atoms with Gasteiger partial charge in [0, 0.05) is 10.6 Å². The van der Waals surface area contributed by atoms with Crippen LogP contribution in [0.15, 0.2) is 72.6 Å². The lowest BCUT2D eigenvalue weighted by Crippen LogP contribution is -2.14. The van der Waals surface area contributed by atoms with Crippen molar-refractivity contribution in [3.63, 3.8) is 0 Å². The van der Waals surface area contributed by atoms with Crippen molar-refractivity contribution in [3.05, 3.63) is 72.6 Å². The van der Waals surface area contributed by atoms with E-state index in [-0.39, 0.29) is 5.41 Å². The minimum atomic E-state index is -2.69. The van der Waals surface area contributed by atoms with Gasteiger partial charge in [-0.1, -0.05) is 87.5 Å². The molecule has 2 rings (SSSR count). The third kappa shape index (κ3) is 4.19. The van der Waals surface area contributed by atoms with Gasteiger partial charge >= 0.3 is 0 Å². The van der Waals surface area contributed by atoms with Crippen LogP contribution in [-0.4, -0.2) is 0 Å². The fourth-order valence-electron chi connectivity index (χ4n) is 2.17. The molecule has 0 fully saturated rings. The summed E-state index contributed by atoms with van der Waals surface area (Å²) in [7, 11) is -2.69. The molecule has 2 aromatic carbocycles. The van der Waals surface area contributed by atoms with Gasteiger partial charge in [0.25, 0.3) is 0 Å². The third-order valence-corrected chi connectivity index (χ3v) is 6.09. The quantitative estimate of drug-likeness (QED) is 0.730. The van der Waals surface area contributed by atoms with E-state index in [0.29, 0.717) is 0 Å². The molecule has 0 aliphatic heterocycles. The van der Waals surface area contributed by atoms with Crippen molar-refractivity contribution in [1.29, 1.82) is 0 Å². The van der Waals surface area contributed by atoms with Crippen molar-refractivity contribution in [2.75, 3.05) is 0 Å². The number of hydrogen-bond donors (Lipinski definition) is 0. The summed E-state index contributed by atoms with van der Waals surface area (Å²) in [6.07, 6.45) is 2.98. The lowest BCUT2D eigenvalue weighted by atomic mass is 9.93. The molecule has 0 spiro atoms. The average molecular weight is 298 g/mol. The Kier molecular flexibility index (Phi) is 4.85. The first-order valence-electron chi connectivity index (χ1n) is 7.30. The standard InChI is InChI=1S/C19H23OP/c1-19(2,3)15-10-16-21(20,17-11-6-4-7-12-17)18-13-8-5-9-14-18/h4-14,16H,15H2,1-3H3/b16-10+. The van der Waals surface area contributed by atoms with Crippen molar-refractivity contribution in [2.24, 2.45) is 5.41 Å². The van der Waals surface area contributed by atoms with Crippen LogP contribution < -0.4 is 10.6 Å². The predicted octanol–water partition coefficient (Wildman–Crippen LogP) is 4.95. The molecule has 2 aromatic rings. The molecule has 0 unspecified atom stereocenters. The maximum atomic E-state index is 13.6. The Bertz CT molecular complexity index is 593. The molecule has 0 radical (unpaired) electrons. The molecule has 0 saturated heterocycles. The highest BCUT2D eigenvalue weighted by atomic mass is 31.2. The second-order valence-corrected chi connectivity index (χ2v) is 9.13. The second kappa shape index (κ2) is 6.45. The number of hydrogen-bond acceptors (Lipinski definition) is 1. The smallest absolute Gasteiger partial charge is 0.163 e. The van der Waals surface area contributed by atoms with Crippen molar-refractivity contribution < 1.29 is 4.57 Å². The molecule has 0 aliphatic rings. The van der Waals surface area contributed by atoms with Crippen LogP contribution in [0.2, 0.25) is 0 Å². The molecule has 0 N–H and O–H groups in total. The molecule has 2 heteroatoms. The Labute approximate surface area is 128 Å². The van der Waals surface area contributed by atoms with Crippen LogP contribution in [0.5, 0.6) is 0 Å². The van der Waals surface area contributed by atoms with Gasteiger partial charge in [0.2, 0.25) is 0 Å². The molecular weight excluding hydrogens is 275 g/mol. The third-order valence-electron chi connectivity index (χ3n) is 3.33. The first kappa shape index (κ1) is 15.8. The summed E-state index contributed by atoms with van der Waals surface area (Å²) in [6.45, 7) is 6.56. The molecule has 110 valence electrons. The van der Waals surface area contributed by atoms with Gasteiger partial charge < -0.3 is 4.57 Å². The van der Waals surface area contributed by atoms with Crippen molar-refractivity contribution >= 4 is 17.8 Å². The van der Waals surface area contributed by atoms with E-state index in [9.17, 15) is 4.57 Å². The zero-order chi connectivity index (χ0) is 15.3. The van der Waals surface area contributed by atoms with E-state index >= 15 is 0 Å². The molecule has 21 heavy (non-hydrogen) atoms. The van der Waals surface area contributed by atoms with Crippen molar-refractivity contribution in [1.82, 2.24) is 0 Å². The van der Waals surface area contributed by atoms with Gasteiger partial charge in [0.1, 0.15) is 0 Å². The fraction of sp³-hybridized carbons (Fsp3) is 0.263. The maximum Gasteiger partial charge on any atom is 0.163 e. The van der Waals surface area contributed by atoms with E-state index in [4.69, 9.17) is 0 Å². The van der Waals surface area contributed by atoms with E-state index in [1.165, 1.54) is 0 Å². The zero-order valence-corrected chi connectivity index (χ0v) is 13.9. The van der Waals surface area contributed by atoms with Gasteiger partial charge in [-0.05, 0) is 17.7 Å². The highest BCUT2D eigenvalue weighted by Crippen LogP contribution is 2.45. The average Bonchev–Trinajstić information content (AvgIpc) is 2.47. The van der Waals surface area contributed by atoms with Gasteiger partial charge in [-0.2, -0.15) is 0 Å². The van der Waals surface area contributed by atoms with Crippen LogP contribution in [0.1, 0.15) is 27.2 Å². The minimum Gasteiger partial charge on any atom is -0.309 e. The summed E-state index contributed by atoms with van der Waals surface area (Å²) in [5.41, 5.74) is 0.203. The van der Waals surface area contributed by atoms with Gasteiger partial charge in [0.05, 0.1) is 0 Å². The molecule has 1 nitrogen and oxygen atoms in total. The Morgan fingerprint density at radius 2 is 1.29 bits per heavy atom. The Hall–Kier alpha value is -1.59. The summed E-state index contributed by atoms with van der Waals surface area (Å²) < 4.78 is 13.6. The van der Waals surface area contributed by atoms with Crippen LogP contribution in [0.3, 0.4) is 0 Å². The summed E-state index contributed by atoms with van der Waals surface area (Å²) in [4.78, 5) is 0. The van der Waals surface area contributed by atoms with Crippen LogP contribution in [-0.2, 0) is 4.57 Å². The highest BCUT2D eigenvalue weighted by molar-refractivity contribution is 7.81. The van der Waals surface area contributed by atoms with E-state index in [1.807, 2.05) is 66.5 Å². The van der Waals surface area contributed by atoms with E-state index < -0.39 is 7.14 Å². The summed E-state index contributed by atoms with van der Waals surface area (Å²) in [5, 5.41) is 1.78. The second-order valence-electron chi connectivity index (χ2n) is 6.48. The molecule has 0 aromatic heterocycles. The normalized spacial score (nSPS) is 12.7. The van der Waals surface area contributed by atoms with Crippen LogP contribution in [0.4, 0.5) is 0 Å². The van der Waals surface area contributed by atoms with Crippen LogP contribution in [0.25, 0.3) is 0 Å². The molecule has 0 heterocycles. The number of rotatable bonds is 4. The largest absolute Gasteiger partial charge is 0.309 e. The molecule has 0 aliphatic carbocycles. The Morgan fingerprint density at radius 3 is 1.67 bits per heavy atom. The van der Waals surface area contributed by atoms with Gasteiger partial charge in [-0.3, -0.25) is 0 Å². The number of benzene rings is 2. The minimum absolute atomic E-state index is 0.203. The fourth-order valence-corrected chi connectivity index (χ4v) is 4.45. The molecule has 0 bridgehead atoms. The monoisotopic (exact) mass is 298 g/mol. The predicted molar refractivity (Wildman–Crippen MR) is 93.0 cm³/mol. The molecule has 0 amide bonds. The summed E-state index contributed by atoms with van der Waals surface area (Å²) in [5.74, 6) is 1.92. The molecule has 0 atom stereocenters. The van der Waals surface area contributed by atoms with Gasteiger partial charge in [-0.15, -0.1) is 0 Å². The van der Waals surface area contributed by atoms with E-state index in [0.717, 1.165) is 17.0 Å². The van der Waals surface area contributed by atoms with Crippen LogP contribution in [0, 0.1) is 5.41 Å². The summed E-state index contributed by atoms with van der Waals surface area (Å²) >= 11 is 0. The first-order chi connectivity index (χ1) is 9.92.